The molecule has 26 heavy (non-hydrogen) atoms. The van der Waals surface area contributed by atoms with Crippen LogP contribution in [-0.4, -0.2) is 64.2 Å². The molecule has 0 spiro atoms. The topological polar surface area (TPSA) is 184 Å². The minimum absolute atomic E-state index is 0.0533. The smallest absolute Gasteiger partial charge is 0.451 e. The van der Waals surface area contributed by atoms with Crippen molar-refractivity contribution in [3.05, 3.63) is 12.3 Å². The van der Waals surface area contributed by atoms with E-state index in [1.807, 2.05) is 0 Å². The molecular formula is C13H24BN5O6S. The normalized spacial score (nSPS) is 23.9. The predicted molar refractivity (Wildman–Crippen MR) is 96.2 cm³/mol. The Morgan fingerprint density at radius 2 is 2.15 bits per heavy atom. The first-order valence-corrected chi connectivity index (χ1v) is 9.48. The summed E-state index contributed by atoms with van der Waals surface area (Å²) in [4.78, 5) is 11.6. The van der Waals surface area contributed by atoms with Crippen LogP contribution in [0.15, 0.2) is 12.3 Å². The molecule has 1 aliphatic rings. The Balaban J connectivity index is 2.16. The Kier molecular flexibility index (Phi) is 5.87. The van der Waals surface area contributed by atoms with Crippen molar-refractivity contribution >= 4 is 34.8 Å². The maximum absolute atomic E-state index is 12.6. The molecule has 8 N–H and O–H groups in total. The summed E-state index contributed by atoms with van der Waals surface area (Å²) in [6, 6.07) is 1.50. The third-order valence-electron chi connectivity index (χ3n) is 4.70. The molecule has 0 saturated carbocycles. The van der Waals surface area contributed by atoms with Crippen molar-refractivity contribution in [1.29, 1.82) is 0 Å². The summed E-state index contributed by atoms with van der Waals surface area (Å²) in [6.45, 7) is -0.483. The van der Waals surface area contributed by atoms with Crippen molar-refractivity contribution in [1.82, 2.24) is 8.87 Å². The third kappa shape index (κ3) is 4.12. The number of rotatable bonds is 8. The van der Waals surface area contributed by atoms with E-state index in [1.54, 1.807) is 13.2 Å². The van der Waals surface area contributed by atoms with Gasteiger partial charge in [-0.3, -0.25) is 9.52 Å². The molecule has 0 bridgehead atoms. The van der Waals surface area contributed by atoms with Gasteiger partial charge in [-0.2, -0.15) is 12.7 Å². The molecule has 1 fully saturated rings. The van der Waals surface area contributed by atoms with Gasteiger partial charge >= 0.3 is 23.3 Å². The molecule has 2 rings (SSSR count). The van der Waals surface area contributed by atoms with E-state index in [1.165, 1.54) is 10.6 Å². The molecule has 1 aromatic rings. The molecule has 146 valence electrons. The molecule has 1 aliphatic heterocycles. The lowest BCUT2D eigenvalue weighted by atomic mass is 9.78. The van der Waals surface area contributed by atoms with Gasteiger partial charge in [-0.05, 0) is 18.8 Å². The van der Waals surface area contributed by atoms with E-state index < -0.39 is 41.3 Å². The molecule has 0 aliphatic carbocycles. The van der Waals surface area contributed by atoms with Gasteiger partial charge in [0.05, 0.1) is 5.69 Å². The Morgan fingerprint density at radius 1 is 1.50 bits per heavy atom. The summed E-state index contributed by atoms with van der Waals surface area (Å²) in [5.41, 5.74) is 10.2. The van der Waals surface area contributed by atoms with E-state index in [0.717, 1.165) is 4.31 Å². The van der Waals surface area contributed by atoms with Crippen LogP contribution in [0.25, 0.3) is 0 Å². The second kappa shape index (κ2) is 7.44. The van der Waals surface area contributed by atoms with Crippen LogP contribution in [0.5, 0.6) is 0 Å². The number of aryl methyl sites for hydroxylation is 1. The van der Waals surface area contributed by atoms with Crippen LogP contribution in [-0.2, 0) is 22.1 Å². The molecule has 0 amide bonds. The van der Waals surface area contributed by atoms with Gasteiger partial charge in [0.2, 0.25) is 0 Å². The predicted octanol–water partition coefficient (Wildman–Crippen LogP) is -1.77. The molecule has 1 aromatic heterocycles. The Labute approximate surface area is 151 Å². The van der Waals surface area contributed by atoms with Gasteiger partial charge in [-0.15, -0.1) is 0 Å². The molecule has 11 nitrogen and oxygen atoms in total. The highest BCUT2D eigenvalue weighted by Gasteiger charge is 2.52. The fourth-order valence-electron chi connectivity index (χ4n) is 3.05. The molecule has 2 heterocycles. The summed E-state index contributed by atoms with van der Waals surface area (Å²) in [5, 5.41) is 27.3. The number of nitrogen functional groups attached to an aromatic ring is 1. The number of anilines is 2. The molecule has 0 aromatic carbocycles. The van der Waals surface area contributed by atoms with Crippen molar-refractivity contribution in [2.75, 3.05) is 23.5 Å². The molecule has 2 atom stereocenters. The van der Waals surface area contributed by atoms with E-state index in [2.05, 4.69) is 4.72 Å². The van der Waals surface area contributed by atoms with Crippen molar-refractivity contribution in [2.45, 2.75) is 24.7 Å². The van der Waals surface area contributed by atoms with E-state index in [4.69, 9.17) is 21.5 Å². The first-order valence-electron chi connectivity index (χ1n) is 8.04. The number of aromatic nitrogens is 1. The van der Waals surface area contributed by atoms with Crippen molar-refractivity contribution < 1.29 is 28.4 Å². The highest BCUT2D eigenvalue weighted by molar-refractivity contribution is 7.90. The van der Waals surface area contributed by atoms with Crippen LogP contribution in [0.4, 0.5) is 11.5 Å². The highest BCUT2D eigenvalue weighted by atomic mass is 32.2. The van der Waals surface area contributed by atoms with Gasteiger partial charge in [0.1, 0.15) is 11.4 Å². The number of carbonyl (C=O) groups is 1. The number of nitrogens with zero attached hydrogens (tertiary/aromatic N) is 2. The monoisotopic (exact) mass is 389 g/mol. The lowest BCUT2D eigenvalue weighted by Crippen LogP contribution is -2.55. The second-order valence-electron chi connectivity index (χ2n) is 6.58. The molecule has 1 saturated heterocycles. The summed E-state index contributed by atoms with van der Waals surface area (Å²) in [6.07, 6.45) is 2.20. The average molecular weight is 389 g/mol. The summed E-state index contributed by atoms with van der Waals surface area (Å²) < 4.78 is 30.1. The number of hydrogen-bond acceptors (Lipinski definition) is 7. The lowest BCUT2D eigenvalue weighted by Gasteiger charge is -2.25. The van der Waals surface area contributed by atoms with Crippen molar-refractivity contribution in [2.24, 2.45) is 18.7 Å². The van der Waals surface area contributed by atoms with Gasteiger partial charge in [-0.25, -0.2) is 0 Å². The van der Waals surface area contributed by atoms with Crippen molar-refractivity contribution in [3.8, 4) is 0 Å². The first kappa shape index (κ1) is 20.5. The standard InChI is InChI=1S/C13H24BN5O6S/c1-18-6-4-10(11(18)15)17-26(24,25)19-7-9(3-2-5-14(22)23)13(16,8-19)12(20)21/h4,6,9,17,22-23H,2-3,5,7-8,15-16H2,1H3,(H,20,21)/t9-,13-/m0/s1. The van der Waals surface area contributed by atoms with Crippen LogP contribution in [0.1, 0.15) is 12.8 Å². The largest absolute Gasteiger partial charge is 0.480 e. The fourth-order valence-corrected chi connectivity index (χ4v) is 4.39. The third-order valence-corrected chi connectivity index (χ3v) is 6.14. The quantitative estimate of drug-likeness (QED) is 0.282. The Morgan fingerprint density at radius 3 is 2.65 bits per heavy atom. The van der Waals surface area contributed by atoms with E-state index in [0.29, 0.717) is 6.42 Å². The van der Waals surface area contributed by atoms with Crippen LogP contribution in [0.3, 0.4) is 0 Å². The zero-order valence-corrected chi connectivity index (χ0v) is 15.2. The molecule has 13 heteroatoms. The lowest BCUT2D eigenvalue weighted by molar-refractivity contribution is -0.144. The highest BCUT2D eigenvalue weighted by Crippen LogP contribution is 2.33. The van der Waals surface area contributed by atoms with E-state index in [-0.39, 0.29) is 30.8 Å². The number of nitrogens with one attached hydrogen (secondary N) is 1. The average Bonchev–Trinajstić information content (AvgIpc) is 3.03. The van der Waals surface area contributed by atoms with Gasteiger partial charge in [-0.1, -0.05) is 6.42 Å². The minimum Gasteiger partial charge on any atom is -0.480 e. The van der Waals surface area contributed by atoms with Crippen LogP contribution < -0.4 is 16.2 Å². The number of hydrogen-bond donors (Lipinski definition) is 6. The number of aliphatic carboxylic acids is 1. The van der Waals surface area contributed by atoms with Gasteiger partial charge in [0, 0.05) is 32.3 Å². The van der Waals surface area contributed by atoms with E-state index in [9.17, 15) is 18.3 Å². The van der Waals surface area contributed by atoms with Gasteiger partial charge in [0.15, 0.2) is 0 Å². The van der Waals surface area contributed by atoms with Crippen LogP contribution in [0, 0.1) is 5.92 Å². The van der Waals surface area contributed by atoms with Gasteiger partial charge in [0.25, 0.3) is 0 Å². The number of nitrogens with two attached hydrogens (primary N) is 2. The Bertz CT molecular complexity index is 769. The zero-order valence-electron chi connectivity index (χ0n) is 14.4. The first-order chi connectivity index (χ1) is 12.0. The summed E-state index contributed by atoms with van der Waals surface area (Å²) in [5.74, 6) is -1.74. The zero-order chi connectivity index (χ0) is 19.7. The maximum Gasteiger partial charge on any atom is 0.451 e. The van der Waals surface area contributed by atoms with E-state index >= 15 is 0 Å². The number of carboxylic acids is 1. The SMILES string of the molecule is Cn1ccc(NS(=O)(=O)N2C[C@H](CCCB(O)O)[C@](N)(C(=O)O)C2)c1N. The Hall–Kier alpha value is -1.80. The van der Waals surface area contributed by atoms with Crippen molar-refractivity contribution in [3.63, 3.8) is 0 Å². The second-order valence-corrected chi connectivity index (χ2v) is 8.25. The maximum atomic E-state index is 12.6. The molecule has 0 radical (unpaired) electrons. The van der Waals surface area contributed by atoms with Crippen LogP contribution in [0.2, 0.25) is 6.32 Å². The number of carboxylic acid groups (broad SMARTS) is 1. The summed E-state index contributed by atoms with van der Waals surface area (Å²) >= 11 is 0. The minimum atomic E-state index is -4.05. The van der Waals surface area contributed by atoms with Gasteiger partial charge < -0.3 is 31.2 Å². The fraction of sp³-hybridized carbons (Fsp3) is 0.615. The molecular weight excluding hydrogens is 365 g/mol. The van der Waals surface area contributed by atoms with Crippen LogP contribution >= 0.6 is 0 Å². The molecule has 0 unspecified atom stereocenters. The summed E-state index contributed by atoms with van der Waals surface area (Å²) in [7, 11) is -3.90.